The SMILES string of the molecule is O=C(O)CN1C(=O)C(NC(CCc2ccccc2)C(=O)O)CSCC1c1ccccn1. The molecule has 1 aliphatic heterocycles. The molecule has 0 spiro atoms. The van der Waals surface area contributed by atoms with Gasteiger partial charge in [0.2, 0.25) is 5.91 Å². The molecule has 3 atom stereocenters. The summed E-state index contributed by atoms with van der Waals surface area (Å²) >= 11 is 1.48. The topological polar surface area (TPSA) is 120 Å². The minimum Gasteiger partial charge on any atom is -0.480 e. The molecule has 2 heterocycles. The first kappa shape index (κ1) is 22.8. The Balaban J connectivity index is 1.75. The Morgan fingerprint density at radius 3 is 2.52 bits per heavy atom. The smallest absolute Gasteiger partial charge is 0.323 e. The van der Waals surface area contributed by atoms with Crippen LogP contribution in [0.1, 0.15) is 23.7 Å². The number of aryl methyl sites for hydroxylation is 1. The number of carboxylic acids is 2. The van der Waals surface area contributed by atoms with Crippen molar-refractivity contribution in [3.63, 3.8) is 0 Å². The number of amides is 1. The van der Waals surface area contributed by atoms with Crippen LogP contribution in [0.15, 0.2) is 54.7 Å². The molecule has 0 aliphatic carbocycles. The lowest BCUT2D eigenvalue weighted by atomic mass is 10.0. The molecule has 31 heavy (non-hydrogen) atoms. The molecule has 3 rings (SSSR count). The second-order valence-electron chi connectivity index (χ2n) is 7.30. The van der Waals surface area contributed by atoms with Crippen molar-refractivity contribution in [3.8, 4) is 0 Å². The Morgan fingerprint density at radius 1 is 1.13 bits per heavy atom. The molecule has 1 aliphatic rings. The third-order valence-corrected chi connectivity index (χ3v) is 6.24. The van der Waals surface area contributed by atoms with Gasteiger partial charge in [-0.1, -0.05) is 36.4 Å². The highest BCUT2D eigenvalue weighted by molar-refractivity contribution is 7.99. The minimum absolute atomic E-state index is 0.316. The van der Waals surface area contributed by atoms with E-state index in [1.807, 2.05) is 30.3 Å². The second-order valence-corrected chi connectivity index (χ2v) is 8.38. The highest BCUT2D eigenvalue weighted by Gasteiger charge is 2.37. The number of carbonyl (C=O) groups excluding carboxylic acids is 1. The normalized spacial score (nSPS) is 20.1. The number of nitrogens with one attached hydrogen (secondary N) is 1. The van der Waals surface area contributed by atoms with Crippen LogP contribution >= 0.6 is 11.8 Å². The van der Waals surface area contributed by atoms with Crippen LogP contribution in [0.3, 0.4) is 0 Å². The van der Waals surface area contributed by atoms with E-state index in [1.54, 1.807) is 24.4 Å². The number of hydrogen-bond donors (Lipinski definition) is 3. The molecule has 1 aromatic heterocycles. The summed E-state index contributed by atoms with van der Waals surface area (Å²) in [5.41, 5.74) is 1.63. The van der Waals surface area contributed by atoms with Crippen molar-refractivity contribution >= 4 is 29.6 Å². The molecule has 2 aromatic rings. The van der Waals surface area contributed by atoms with Crippen molar-refractivity contribution in [3.05, 3.63) is 66.0 Å². The number of hydrogen-bond acceptors (Lipinski definition) is 6. The van der Waals surface area contributed by atoms with Crippen LogP contribution in [-0.4, -0.2) is 68.1 Å². The number of pyridine rings is 1. The zero-order valence-corrected chi connectivity index (χ0v) is 17.7. The molecule has 1 saturated heterocycles. The first-order chi connectivity index (χ1) is 15.0. The Morgan fingerprint density at radius 2 is 1.87 bits per heavy atom. The Hall–Kier alpha value is -2.91. The van der Waals surface area contributed by atoms with Gasteiger partial charge in [-0.25, -0.2) is 0 Å². The monoisotopic (exact) mass is 443 g/mol. The molecule has 0 bridgehead atoms. The van der Waals surface area contributed by atoms with E-state index in [-0.39, 0.29) is 0 Å². The predicted molar refractivity (Wildman–Crippen MR) is 117 cm³/mol. The zero-order chi connectivity index (χ0) is 22.2. The van der Waals surface area contributed by atoms with Crippen molar-refractivity contribution in [1.29, 1.82) is 0 Å². The number of carboxylic acid groups (broad SMARTS) is 2. The highest BCUT2D eigenvalue weighted by atomic mass is 32.2. The van der Waals surface area contributed by atoms with Crippen LogP contribution in [0.4, 0.5) is 0 Å². The van der Waals surface area contributed by atoms with Gasteiger partial charge in [0, 0.05) is 17.7 Å². The van der Waals surface area contributed by atoms with E-state index in [1.165, 1.54) is 16.7 Å². The Kier molecular flexibility index (Phi) is 8.02. The van der Waals surface area contributed by atoms with Gasteiger partial charge in [-0.2, -0.15) is 11.8 Å². The number of nitrogens with zero attached hydrogens (tertiary/aromatic N) is 2. The lowest BCUT2D eigenvalue weighted by Crippen LogP contribution is -2.54. The lowest BCUT2D eigenvalue weighted by molar-refractivity contribution is -0.147. The molecule has 8 nitrogen and oxygen atoms in total. The maximum absolute atomic E-state index is 13.3. The van der Waals surface area contributed by atoms with E-state index in [0.29, 0.717) is 30.0 Å². The van der Waals surface area contributed by atoms with Crippen LogP contribution in [0, 0.1) is 0 Å². The summed E-state index contributed by atoms with van der Waals surface area (Å²) < 4.78 is 0. The minimum atomic E-state index is -1.13. The third-order valence-electron chi connectivity index (χ3n) is 5.12. The first-order valence-corrected chi connectivity index (χ1v) is 11.1. The van der Waals surface area contributed by atoms with Gasteiger partial charge in [0.15, 0.2) is 0 Å². The van der Waals surface area contributed by atoms with Crippen molar-refractivity contribution in [2.45, 2.75) is 31.0 Å². The van der Waals surface area contributed by atoms with E-state index in [0.717, 1.165) is 5.56 Å². The van der Waals surface area contributed by atoms with E-state index in [9.17, 15) is 24.6 Å². The van der Waals surface area contributed by atoms with Crippen LogP contribution in [0.2, 0.25) is 0 Å². The summed E-state index contributed by atoms with van der Waals surface area (Å²) in [7, 11) is 0. The first-order valence-electron chi connectivity index (χ1n) is 9.99. The molecule has 3 N–H and O–H groups in total. The maximum Gasteiger partial charge on any atom is 0.323 e. The average molecular weight is 444 g/mol. The summed E-state index contributed by atoms with van der Waals surface area (Å²) in [6.45, 7) is -0.472. The van der Waals surface area contributed by atoms with Gasteiger partial charge in [-0.15, -0.1) is 0 Å². The van der Waals surface area contributed by atoms with Crippen LogP contribution < -0.4 is 5.32 Å². The van der Waals surface area contributed by atoms with Gasteiger partial charge >= 0.3 is 11.9 Å². The third kappa shape index (κ3) is 6.28. The standard InChI is InChI=1S/C22H25N3O5S/c26-20(27)12-25-19(16-8-4-5-11-23-16)14-31-13-18(21(25)28)24-17(22(29)30)10-9-15-6-2-1-3-7-15/h1-8,11,17-19,24H,9-10,12-14H2,(H,26,27)(H,29,30). The van der Waals surface area contributed by atoms with Gasteiger partial charge in [-0.3, -0.25) is 24.7 Å². The van der Waals surface area contributed by atoms with Gasteiger partial charge in [0.1, 0.15) is 12.6 Å². The Bertz CT molecular complexity index is 897. The molecule has 1 fully saturated rings. The van der Waals surface area contributed by atoms with Crippen molar-refractivity contribution in [1.82, 2.24) is 15.2 Å². The molecule has 0 saturated carbocycles. The van der Waals surface area contributed by atoms with Gasteiger partial charge in [0.05, 0.1) is 17.8 Å². The van der Waals surface area contributed by atoms with E-state index < -0.39 is 42.5 Å². The van der Waals surface area contributed by atoms with E-state index >= 15 is 0 Å². The van der Waals surface area contributed by atoms with Crippen molar-refractivity contribution in [2.24, 2.45) is 0 Å². The fourth-order valence-corrected chi connectivity index (χ4v) is 4.75. The van der Waals surface area contributed by atoms with Crippen LogP contribution in [-0.2, 0) is 20.8 Å². The molecule has 1 amide bonds. The van der Waals surface area contributed by atoms with E-state index in [4.69, 9.17) is 0 Å². The molecular weight excluding hydrogens is 418 g/mol. The molecular formula is C22H25N3O5S. The summed E-state index contributed by atoms with van der Waals surface area (Å²) in [5, 5.41) is 22.0. The lowest BCUT2D eigenvalue weighted by Gasteiger charge is -2.30. The summed E-state index contributed by atoms with van der Waals surface area (Å²) in [5.74, 6) is -1.75. The zero-order valence-electron chi connectivity index (χ0n) is 16.9. The fraction of sp³-hybridized carbons (Fsp3) is 0.364. The molecule has 9 heteroatoms. The summed E-state index contributed by atoms with van der Waals surface area (Å²) in [6.07, 6.45) is 2.47. The number of aliphatic carboxylic acids is 2. The van der Waals surface area contributed by atoms with Gasteiger partial charge in [0.25, 0.3) is 0 Å². The van der Waals surface area contributed by atoms with Crippen LogP contribution in [0.5, 0.6) is 0 Å². The van der Waals surface area contributed by atoms with Gasteiger partial charge in [-0.05, 0) is 30.5 Å². The van der Waals surface area contributed by atoms with E-state index in [2.05, 4.69) is 10.3 Å². The van der Waals surface area contributed by atoms with Crippen molar-refractivity contribution < 1.29 is 24.6 Å². The fourth-order valence-electron chi connectivity index (χ4n) is 3.56. The molecule has 0 radical (unpaired) electrons. The number of thioether (sulfide) groups is 1. The van der Waals surface area contributed by atoms with Crippen LogP contribution in [0.25, 0.3) is 0 Å². The summed E-state index contributed by atoms with van der Waals surface area (Å²) in [4.78, 5) is 42.1. The second kappa shape index (κ2) is 10.9. The quantitative estimate of drug-likeness (QED) is 0.537. The van der Waals surface area contributed by atoms with Gasteiger partial charge < -0.3 is 15.1 Å². The van der Waals surface area contributed by atoms with Crippen molar-refractivity contribution in [2.75, 3.05) is 18.1 Å². The number of rotatable bonds is 9. The predicted octanol–water partition coefficient (Wildman–Crippen LogP) is 1.83. The largest absolute Gasteiger partial charge is 0.480 e. The Labute approximate surface area is 184 Å². The number of carbonyl (C=O) groups is 3. The average Bonchev–Trinajstić information content (AvgIpc) is 2.91. The molecule has 3 unspecified atom stereocenters. The highest BCUT2D eigenvalue weighted by Crippen LogP contribution is 2.28. The summed E-state index contributed by atoms with van der Waals surface area (Å²) in [6, 6.07) is 12.6. The number of benzene rings is 1. The maximum atomic E-state index is 13.3. The molecule has 164 valence electrons. The number of aromatic nitrogens is 1. The molecule has 1 aromatic carbocycles.